The Morgan fingerprint density at radius 3 is 2.86 bits per heavy atom. The van der Waals surface area contributed by atoms with Crippen molar-refractivity contribution in [2.45, 2.75) is 26.3 Å². The van der Waals surface area contributed by atoms with E-state index in [1.54, 1.807) is 4.68 Å². The summed E-state index contributed by atoms with van der Waals surface area (Å²) in [6.45, 7) is 8.27. The lowest BCUT2D eigenvalue weighted by Gasteiger charge is -2.29. The second-order valence-corrected chi connectivity index (χ2v) is 5.43. The molecule has 2 N–H and O–H groups in total. The van der Waals surface area contributed by atoms with Gasteiger partial charge in [-0.1, -0.05) is 6.92 Å². The Hall–Kier alpha value is -1.60. The predicted molar refractivity (Wildman–Crippen MR) is 81.5 cm³/mol. The zero-order valence-electron chi connectivity index (χ0n) is 13.1. The van der Waals surface area contributed by atoms with Crippen LogP contribution in [0.15, 0.2) is 6.20 Å². The van der Waals surface area contributed by atoms with Crippen LogP contribution in [0.3, 0.4) is 0 Å². The number of carbonyl (C=O) groups is 1. The molecule has 1 atom stereocenters. The smallest absolute Gasteiger partial charge is 0.319 e. The molecule has 7 heteroatoms. The van der Waals surface area contributed by atoms with E-state index in [2.05, 4.69) is 20.6 Å². The zero-order chi connectivity index (χ0) is 15.2. The molecule has 7 nitrogen and oxygen atoms in total. The van der Waals surface area contributed by atoms with E-state index in [0.29, 0.717) is 0 Å². The van der Waals surface area contributed by atoms with Gasteiger partial charge in [0, 0.05) is 38.9 Å². The summed E-state index contributed by atoms with van der Waals surface area (Å²) < 4.78 is 7.03. The summed E-state index contributed by atoms with van der Waals surface area (Å²) in [5.41, 5.74) is 1.67. The molecule has 2 heterocycles. The van der Waals surface area contributed by atoms with Crippen molar-refractivity contribution in [1.29, 1.82) is 0 Å². The van der Waals surface area contributed by atoms with Crippen molar-refractivity contribution in [2.75, 3.05) is 38.2 Å². The monoisotopic (exact) mass is 295 g/mol. The van der Waals surface area contributed by atoms with E-state index in [0.717, 1.165) is 50.7 Å². The predicted octanol–water partition coefficient (Wildman–Crippen LogP) is 0.825. The van der Waals surface area contributed by atoms with E-state index in [9.17, 15) is 4.79 Å². The highest BCUT2D eigenvalue weighted by Crippen LogP contribution is 2.13. The average molecular weight is 295 g/mol. The van der Waals surface area contributed by atoms with Crippen LogP contribution in [0.2, 0.25) is 0 Å². The van der Waals surface area contributed by atoms with Crippen molar-refractivity contribution in [3.63, 3.8) is 0 Å². The van der Waals surface area contributed by atoms with E-state index in [-0.39, 0.29) is 12.1 Å². The SMILES string of the molecule is CCc1nn(C)cc1NC(=O)NC(C)CN1CCOCC1. The first-order chi connectivity index (χ1) is 10.1. The maximum absolute atomic E-state index is 12.0. The number of anilines is 1. The molecular formula is C14H25N5O2. The number of hydrogen-bond donors (Lipinski definition) is 2. The van der Waals surface area contributed by atoms with Gasteiger partial charge in [0.2, 0.25) is 0 Å². The summed E-state index contributed by atoms with van der Waals surface area (Å²) in [6.07, 6.45) is 2.62. The number of rotatable bonds is 5. The summed E-state index contributed by atoms with van der Waals surface area (Å²) in [4.78, 5) is 14.3. The molecule has 0 spiro atoms. The van der Waals surface area contributed by atoms with Gasteiger partial charge in [0.05, 0.1) is 24.6 Å². The Balaban J connectivity index is 1.80. The lowest BCUT2D eigenvalue weighted by atomic mass is 10.3. The summed E-state index contributed by atoms with van der Waals surface area (Å²) >= 11 is 0. The number of nitrogens with zero attached hydrogens (tertiary/aromatic N) is 3. The van der Waals surface area contributed by atoms with Gasteiger partial charge in [-0.15, -0.1) is 0 Å². The Labute approximate surface area is 125 Å². The Bertz CT molecular complexity index is 468. The van der Waals surface area contributed by atoms with Crippen LogP contribution in [-0.2, 0) is 18.2 Å². The van der Waals surface area contributed by atoms with Gasteiger partial charge >= 0.3 is 6.03 Å². The van der Waals surface area contributed by atoms with Gasteiger partial charge in [-0.2, -0.15) is 5.10 Å². The van der Waals surface area contributed by atoms with E-state index >= 15 is 0 Å². The number of aryl methyl sites for hydroxylation is 2. The zero-order valence-corrected chi connectivity index (χ0v) is 13.1. The molecule has 1 aromatic rings. The van der Waals surface area contributed by atoms with Gasteiger partial charge in [-0.3, -0.25) is 9.58 Å². The van der Waals surface area contributed by atoms with Gasteiger partial charge < -0.3 is 15.4 Å². The van der Waals surface area contributed by atoms with Crippen molar-refractivity contribution < 1.29 is 9.53 Å². The van der Waals surface area contributed by atoms with E-state index in [1.165, 1.54) is 0 Å². The molecule has 1 aliphatic rings. The van der Waals surface area contributed by atoms with Crippen LogP contribution in [0.4, 0.5) is 10.5 Å². The molecule has 1 unspecified atom stereocenters. The van der Waals surface area contributed by atoms with Crippen molar-refractivity contribution >= 4 is 11.7 Å². The third-order valence-corrected chi connectivity index (χ3v) is 3.50. The molecule has 1 fully saturated rings. The van der Waals surface area contributed by atoms with Crippen LogP contribution >= 0.6 is 0 Å². The number of aromatic nitrogens is 2. The number of amides is 2. The van der Waals surface area contributed by atoms with Gasteiger partial charge in [0.1, 0.15) is 0 Å². The maximum Gasteiger partial charge on any atom is 0.319 e. The molecule has 2 rings (SSSR count). The molecule has 0 bridgehead atoms. The molecule has 2 amide bonds. The summed E-state index contributed by atoms with van der Waals surface area (Å²) in [5.74, 6) is 0. The first-order valence-corrected chi connectivity index (χ1v) is 7.48. The van der Waals surface area contributed by atoms with Crippen molar-refractivity contribution in [1.82, 2.24) is 20.0 Å². The second-order valence-electron chi connectivity index (χ2n) is 5.43. The summed E-state index contributed by atoms with van der Waals surface area (Å²) in [6, 6.07) is -0.0942. The Morgan fingerprint density at radius 1 is 1.48 bits per heavy atom. The van der Waals surface area contributed by atoms with E-state index in [4.69, 9.17) is 4.74 Å². The number of carbonyl (C=O) groups excluding carboxylic acids is 1. The number of urea groups is 1. The molecule has 0 saturated carbocycles. The maximum atomic E-state index is 12.0. The highest BCUT2D eigenvalue weighted by molar-refractivity contribution is 5.89. The number of ether oxygens (including phenoxy) is 1. The third-order valence-electron chi connectivity index (χ3n) is 3.50. The van der Waals surface area contributed by atoms with Crippen molar-refractivity contribution in [3.05, 3.63) is 11.9 Å². The molecule has 0 radical (unpaired) electrons. The van der Waals surface area contributed by atoms with Crippen LogP contribution in [-0.4, -0.2) is 59.6 Å². The highest BCUT2D eigenvalue weighted by atomic mass is 16.5. The fourth-order valence-corrected chi connectivity index (χ4v) is 2.50. The molecule has 21 heavy (non-hydrogen) atoms. The Morgan fingerprint density at radius 2 is 2.19 bits per heavy atom. The quantitative estimate of drug-likeness (QED) is 0.844. The van der Waals surface area contributed by atoms with E-state index < -0.39 is 0 Å². The first kappa shape index (κ1) is 15.8. The lowest BCUT2D eigenvalue weighted by Crippen LogP contribution is -2.47. The molecular weight excluding hydrogens is 270 g/mol. The van der Waals surface area contributed by atoms with Crippen molar-refractivity contribution in [3.8, 4) is 0 Å². The largest absolute Gasteiger partial charge is 0.379 e. The van der Waals surface area contributed by atoms with Crippen LogP contribution in [0.5, 0.6) is 0 Å². The van der Waals surface area contributed by atoms with Crippen LogP contribution in [0.25, 0.3) is 0 Å². The number of nitrogens with one attached hydrogen (secondary N) is 2. The fraction of sp³-hybridized carbons (Fsp3) is 0.714. The lowest BCUT2D eigenvalue weighted by molar-refractivity contribution is 0.0350. The second kappa shape index (κ2) is 7.42. The first-order valence-electron chi connectivity index (χ1n) is 7.48. The minimum Gasteiger partial charge on any atom is -0.379 e. The fourth-order valence-electron chi connectivity index (χ4n) is 2.50. The topological polar surface area (TPSA) is 71.4 Å². The van der Waals surface area contributed by atoms with Crippen molar-refractivity contribution in [2.24, 2.45) is 7.05 Å². The van der Waals surface area contributed by atoms with Gasteiger partial charge in [0.15, 0.2) is 0 Å². The van der Waals surface area contributed by atoms with Crippen LogP contribution in [0, 0.1) is 0 Å². The summed E-state index contributed by atoms with van der Waals surface area (Å²) in [5, 5.41) is 10.1. The molecule has 1 saturated heterocycles. The van der Waals surface area contributed by atoms with E-state index in [1.807, 2.05) is 27.1 Å². The van der Waals surface area contributed by atoms with Gasteiger partial charge in [-0.25, -0.2) is 4.79 Å². The van der Waals surface area contributed by atoms with Gasteiger partial charge in [0.25, 0.3) is 0 Å². The molecule has 0 aliphatic carbocycles. The van der Waals surface area contributed by atoms with Crippen LogP contribution < -0.4 is 10.6 Å². The molecule has 1 aromatic heterocycles. The van der Waals surface area contributed by atoms with Crippen LogP contribution in [0.1, 0.15) is 19.5 Å². The number of hydrogen-bond acceptors (Lipinski definition) is 4. The molecule has 0 aromatic carbocycles. The Kier molecular flexibility index (Phi) is 5.58. The standard InChI is InChI=1S/C14H25N5O2/c1-4-12-13(10-18(3)17-12)16-14(20)15-11(2)9-19-5-7-21-8-6-19/h10-11H,4-9H2,1-3H3,(H2,15,16,20). The highest BCUT2D eigenvalue weighted by Gasteiger charge is 2.16. The molecule has 118 valence electrons. The molecule has 1 aliphatic heterocycles. The minimum absolute atomic E-state index is 0.0878. The number of morpholine rings is 1. The van der Waals surface area contributed by atoms with Gasteiger partial charge in [-0.05, 0) is 13.3 Å². The minimum atomic E-state index is -0.182. The summed E-state index contributed by atoms with van der Waals surface area (Å²) in [7, 11) is 1.85. The normalized spacial score (nSPS) is 17.5. The third kappa shape index (κ3) is 4.71. The average Bonchev–Trinajstić information content (AvgIpc) is 2.79.